The normalized spacial score (nSPS) is 19.5. The first kappa shape index (κ1) is 21.1. The van der Waals surface area contributed by atoms with Crippen molar-refractivity contribution in [1.29, 1.82) is 0 Å². The molecule has 1 aliphatic heterocycles. The number of hydrogen-bond acceptors (Lipinski definition) is 6. The van der Waals surface area contributed by atoms with Gasteiger partial charge in [-0.25, -0.2) is 15.0 Å². The molecule has 0 radical (unpaired) electrons. The molecule has 0 saturated carbocycles. The third kappa shape index (κ3) is 5.14. The second kappa shape index (κ2) is 10.3. The molecule has 0 spiro atoms. The van der Waals surface area contributed by atoms with Crippen LogP contribution in [-0.4, -0.2) is 39.5 Å². The van der Waals surface area contributed by atoms with E-state index < -0.39 is 0 Å². The van der Waals surface area contributed by atoms with Crippen LogP contribution in [-0.2, 0) is 13.1 Å². The van der Waals surface area contributed by atoms with Crippen molar-refractivity contribution in [2.45, 2.75) is 38.0 Å². The monoisotopic (exact) mass is 515 g/mol. The van der Waals surface area contributed by atoms with Gasteiger partial charge in [0, 0.05) is 40.3 Å². The summed E-state index contributed by atoms with van der Waals surface area (Å²) >= 11 is 2.29. The third-order valence-corrected chi connectivity index (χ3v) is 6.07. The summed E-state index contributed by atoms with van der Waals surface area (Å²) in [5.41, 5.74) is 2.40. The fourth-order valence-electron chi connectivity index (χ4n) is 4.16. The molecule has 3 aromatic rings. The number of methoxy groups -OCH3 is 1. The molecule has 3 heterocycles. The summed E-state index contributed by atoms with van der Waals surface area (Å²) in [5.74, 6) is 1.55. The molecule has 2 atom stereocenters. The summed E-state index contributed by atoms with van der Waals surface area (Å²) in [6.07, 6.45) is 7.71. The lowest BCUT2D eigenvalue weighted by Gasteiger charge is -2.42. The van der Waals surface area contributed by atoms with E-state index in [-0.39, 0.29) is 6.04 Å². The number of hydrogen-bond donors (Lipinski definition) is 1. The standard InChI is InChI=1S/C23H26IN5O/c1-30-23-18(13-19(24)15-28-23)14-27-20-9-5-12-29(16-21-25-10-6-11-26-21)22(20)17-7-3-2-4-8-17/h2-4,6-8,10-11,13,15,20,22,27H,5,9,12,14,16H2,1H3/t20-,22-/m0/s1. The molecule has 2 aromatic heterocycles. The van der Waals surface area contributed by atoms with Crippen LogP contribution in [0.1, 0.15) is 35.8 Å². The van der Waals surface area contributed by atoms with Gasteiger partial charge in [0.05, 0.1) is 19.7 Å². The predicted octanol–water partition coefficient (Wildman–Crippen LogP) is 3.98. The van der Waals surface area contributed by atoms with E-state index in [1.807, 2.05) is 24.7 Å². The number of benzene rings is 1. The zero-order valence-corrected chi connectivity index (χ0v) is 19.2. The minimum absolute atomic E-state index is 0.255. The zero-order chi connectivity index (χ0) is 20.8. The molecule has 1 saturated heterocycles. The number of rotatable bonds is 7. The molecule has 7 heteroatoms. The number of aromatic nitrogens is 3. The maximum Gasteiger partial charge on any atom is 0.217 e. The lowest BCUT2D eigenvalue weighted by molar-refractivity contribution is 0.100. The van der Waals surface area contributed by atoms with Gasteiger partial charge < -0.3 is 10.1 Å². The maximum atomic E-state index is 5.47. The van der Waals surface area contributed by atoms with Gasteiger partial charge in [-0.05, 0) is 59.7 Å². The van der Waals surface area contributed by atoms with Crippen molar-refractivity contribution in [3.8, 4) is 5.88 Å². The van der Waals surface area contributed by atoms with E-state index in [0.29, 0.717) is 11.9 Å². The highest BCUT2D eigenvalue weighted by molar-refractivity contribution is 14.1. The van der Waals surface area contributed by atoms with Gasteiger partial charge in [0.25, 0.3) is 0 Å². The molecule has 0 aliphatic carbocycles. The Morgan fingerprint density at radius 2 is 1.93 bits per heavy atom. The van der Waals surface area contributed by atoms with Gasteiger partial charge in [0.1, 0.15) is 5.82 Å². The van der Waals surface area contributed by atoms with Crippen LogP contribution in [0.25, 0.3) is 0 Å². The van der Waals surface area contributed by atoms with Gasteiger partial charge in [-0.15, -0.1) is 0 Å². The van der Waals surface area contributed by atoms with Crippen LogP contribution < -0.4 is 10.1 Å². The first-order valence-corrected chi connectivity index (χ1v) is 11.3. The quantitative estimate of drug-likeness (QED) is 0.481. The van der Waals surface area contributed by atoms with Crippen LogP contribution in [0.4, 0.5) is 0 Å². The van der Waals surface area contributed by atoms with Crippen LogP contribution in [0.15, 0.2) is 61.1 Å². The minimum Gasteiger partial charge on any atom is -0.481 e. The van der Waals surface area contributed by atoms with Crippen LogP contribution in [0.3, 0.4) is 0 Å². The summed E-state index contributed by atoms with van der Waals surface area (Å²) in [6, 6.07) is 15.3. The second-order valence-corrected chi connectivity index (χ2v) is 8.69. The van der Waals surface area contributed by atoms with E-state index in [9.17, 15) is 0 Å². The molecule has 30 heavy (non-hydrogen) atoms. The largest absolute Gasteiger partial charge is 0.481 e. The van der Waals surface area contributed by atoms with Gasteiger partial charge in [-0.1, -0.05) is 30.3 Å². The van der Waals surface area contributed by atoms with Crippen LogP contribution in [0, 0.1) is 3.57 Å². The van der Waals surface area contributed by atoms with Gasteiger partial charge >= 0.3 is 0 Å². The van der Waals surface area contributed by atoms with E-state index in [1.165, 1.54) is 5.56 Å². The van der Waals surface area contributed by atoms with Crippen molar-refractivity contribution in [3.63, 3.8) is 0 Å². The first-order valence-electron chi connectivity index (χ1n) is 10.2. The van der Waals surface area contributed by atoms with Crippen molar-refractivity contribution in [3.05, 3.63) is 81.6 Å². The molecule has 1 aliphatic rings. The van der Waals surface area contributed by atoms with E-state index in [2.05, 4.69) is 84.2 Å². The van der Waals surface area contributed by atoms with Gasteiger partial charge in [-0.3, -0.25) is 4.90 Å². The summed E-state index contributed by atoms with van der Waals surface area (Å²) in [6.45, 7) is 2.49. The molecule has 1 fully saturated rings. The number of pyridine rings is 1. The van der Waals surface area contributed by atoms with Gasteiger partial charge in [0.2, 0.25) is 5.88 Å². The van der Waals surface area contributed by atoms with Crippen LogP contribution >= 0.6 is 22.6 Å². The van der Waals surface area contributed by atoms with E-state index in [4.69, 9.17) is 4.74 Å². The summed E-state index contributed by atoms with van der Waals surface area (Å²) in [4.78, 5) is 15.8. The van der Waals surface area contributed by atoms with Crippen LogP contribution in [0.5, 0.6) is 5.88 Å². The molecule has 4 rings (SSSR count). The SMILES string of the molecule is COc1ncc(I)cc1CN[C@H]1CCCN(Cc2ncccn2)[C@H]1c1ccccc1. The molecule has 0 amide bonds. The number of halogens is 1. The van der Waals surface area contributed by atoms with Crippen molar-refractivity contribution in [1.82, 2.24) is 25.2 Å². The molecule has 0 unspecified atom stereocenters. The van der Waals surface area contributed by atoms with Crippen molar-refractivity contribution < 1.29 is 4.74 Å². The highest BCUT2D eigenvalue weighted by atomic mass is 127. The Labute approximate surface area is 191 Å². The molecule has 1 N–H and O–H groups in total. The molecule has 0 bridgehead atoms. The molecule has 156 valence electrons. The molecular formula is C23H26IN5O. The molecular weight excluding hydrogens is 489 g/mol. The average Bonchev–Trinajstić information content (AvgIpc) is 2.79. The Morgan fingerprint density at radius 3 is 2.70 bits per heavy atom. The zero-order valence-electron chi connectivity index (χ0n) is 17.0. The Bertz CT molecular complexity index is 941. The lowest BCUT2D eigenvalue weighted by Crippen LogP contribution is -2.48. The number of ether oxygens (including phenoxy) is 1. The molecule has 6 nitrogen and oxygen atoms in total. The summed E-state index contributed by atoms with van der Waals surface area (Å²) < 4.78 is 6.58. The average molecular weight is 515 g/mol. The Balaban J connectivity index is 1.56. The molecule has 1 aromatic carbocycles. The van der Waals surface area contributed by atoms with E-state index >= 15 is 0 Å². The second-order valence-electron chi connectivity index (χ2n) is 7.44. The number of nitrogens with one attached hydrogen (secondary N) is 1. The number of nitrogens with zero attached hydrogens (tertiary/aromatic N) is 4. The van der Waals surface area contributed by atoms with Gasteiger partial charge in [-0.2, -0.15) is 0 Å². The lowest BCUT2D eigenvalue weighted by atomic mass is 9.90. The van der Waals surface area contributed by atoms with Crippen molar-refractivity contribution >= 4 is 22.6 Å². The Hall–Kier alpha value is -2.10. The van der Waals surface area contributed by atoms with Crippen molar-refractivity contribution in [2.75, 3.05) is 13.7 Å². The maximum absolute atomic E-state index is 5.47. The first-order chi connectivity index (χ1) is 14.7. The highest BCUT2D eigenvalue weighted by Gasteiger charge is 2.33. The fourth-order valence-corrected chi connectivity index (χ4v) is 4.68. The van der Waals surface area contributed by atoms with Crippen molar-refractivity contribution in [2.24, 2.45) is 0 Å². The number of piperidine rings is 1. The summed E-state index contributed by atoms with van der Waals surface area (Å²) in [5, 5.41) is 3.80. The topological polar surface area (TPSA) is 63.2 Å². The van der Waals surface area contributed by atoms with Crippen LogP contribution in [0.2, 0.25) is 0 Å². The Morgan fingerprint density at radius 1 is 1.13 bits per heavy atom. The minimum atomic E-state index is 0.255. The third-order valence-electron chi connectivity index (χ3n) is 5.48. The highest BCUT2D eigenvalue weighted by Crippen LogP contribution is 2.32. The summed E-state index contributed by atoms with van der Waals surface area (Å²) in [7, 11) is 1.67. The number of likely N-dealkylation sites (tertiary alicyclic amines) is 1. The van der Waals surface area contributed by atoms with E-state index in [1.54, 1.807) is 7.11 Å². The predicted molar refractivity (Wildman–Crippen MR) is 125 cm³/mol. The smallest absolute Gasteiger partial charge is 0.217 e. The van der Waals surface area contributed by atoms with E-state index in [0.717, 1.165) is 47.4 Å². The Kier molecular flexibility index (Phi) is 7.24. The van der Waals surface area contributed by atoms with Gasteiger partial charge in [0.15, 0.2) is 0 Å². The fraction of sp³-hybridized carbons (Fsp3) is 0.348.